The van der Waals surface area contributed by atoms with Crippen molar-refractivity contribution in [2.24, 2.45) is 11.3 Å². The van der Waals surface area contributed by atoms with Crippen molar-refractivity contribution < 1.29 is 18.4 Å². The Morgan fingerprint density at radius 3 is 2.16 bits per heavy atom. The van der Waals surface area contributed by atoms with Crippen LogP contribution in [0, 0.1) is 23.0 Å². The predicted molar refractivity (Wildman–Crippen MR) is 146 cm³/mol. The van der Waals surface area contributed by atoms with Crippen LogP contribution >= 0.6 is 11.6 Å². The van der Waals surface area contributed by atoms with Crippen LogP contribution in [0.4, 0.5) is 8.78 Å². The Balaban J connectivity index is 1.45. The number of carbonyl (C=O) groups is 2. The fourth-order valence-electron chi connectivity index (χ4n) is 5.71. The molecule has 0 unspecified atom stereocenters. The first-order chi connectivity index (χ1) is 17.8. The second kappa shape index (κ2) is 10.9. The number of nitrogens with zero attached hydrogens (tertiary/aromatic N) is 3. The molecule has 8 heteroatoms. The minimum Gasteiger partial charge on any atom is -0.339 e. The lowest BCUT2D eigenvalue weighted by atomic mass is 9.84. The van der Waals surface area contributed by atoms with E-state index in [4.69, 9.17) is 11.6 Å². The van der Waals surface area contributed by atoms with E-state index in [1.807, 2.05) is 43.0 Å². The van der Waals surface area contributed by atoms with E-state index in [-0.39, 0.29) is 23.3 Å². The lowest BCUT2D eigenvalue weighted by Gasteiger charge is -2.40. The molecule has 2 fully saturated rings. The van der Waals surface area contributed by atoms with E-state index in [9.17, 15) is 18.4 Å². The standard InChI is InChI=1S/C30H38ClF2N3O2/c1-29(2,3)36-18-23(22-11-10-21(32)16-26(22)33)24(19-36)27(37)34-12-14-35(15-13-34)28(38)30(4,5)17-20-8-6-7-9-25(20)31/h6-11,16,23-24H,12-15,17-19H2,1-5H3/t23-,24+/m0/s1. The van der Waals surface area contributed by atoms with E-state index in [0.29, 0.717) is 56.3 Å². The number of hydrogen-bond donors (Lipinski definition) is 0. The van der Waals surface area contributed by atoms with Crippen LogP contribution in [0.1, 0.15) is 51.7 Å². The lowest BCUT2D eigenvalue weighted by Crippen LogP contribution is -2.55. The number of rotatable bonds is 5. The van der Waals surface area contributed by atoms with Gasteiger partial charge < -0.3 is 9.80 Å². The molecule has 2 heterocycles. The van der Waals surface area contributed by atoms with Gasteiger partial charge >= 0.3 is 0 Å². The quantitative estimate of drug-likeness (QED) is 0.507. The maximum Gasteiger partial charge on any atom is 0.228 e. The molecule has 0 radical (unpaired) electrons. The molecule has 206 valence electrons. The van der Waals surface area contributed by atoms with Gasteiger partial charge in [-0.3, -0.25) is 14.5 Å². The fourth-order valence-corrected chi connectivity index (χ4v) is 5.91. The minimum atomic E-state index is -0.638. The van der Waals surface area contributed by atoms with Crippen molar-refractivity contribution in [3.8, 4) is 0 Å². The molecule has 4 rings (SSSR count). The highest BCUT2D eigenvalue weighted by molar-refractivity contribution is 6.31. The first-order valence-electron chi connectivity index (χ1n) is 13.3. The van der Waals surface area contributed by atoms with Gasteiger partial charge in [-0.05, 0) is 50.5 Å². The number of amides is 2. The molecule has 2 aliphatic heterocycles. The van der Waals surface area contributed by atoms with E-state index in [0.717, 1.165) is 11.6 Å². The molecule has 2 aromatic carbocycles. The van der Waals surface area contributed by atoms with Crippen LogP contribution in [0.2, 0.25) is 5.02 Å². The number of carbonyl (C=O) groups excluding carboxylic acids is 2. The second-order valence-electron chi connectivity index (χ2n) is 12.2. The third-order valence-electron chi connectivity index (χ3n) is 8.00. The van der Waals surface area contributed by atoms with Gasteiger partial charge in [0.25, 0.3) is 0 Å². The predicted octanol–water partition coefficient (Wildman–Crippen LogP) is 5.37. The summed E-state index contributed by atoms with van der Waals surface area (Å²) in [4.78, 5) is 33.0. The summed E-state index contributed by atoms with van der Waals surface area (Å²) in [6.45, 7) is 12.9. The molecule has 2 amide bonds. The molecule has 0 saturated carbocycles. The Labute approximate surface area is 229 Å². The van der Waals surface area contributed by atoms with Gasteiger partial charge in [-0.2, -0.15) is 0 Å². The Morgan fingerprint density at radius 2 is 1.55 bits per heavy atom. The van der Waals surface area contributed by atoms with Crippen molar-refractivity contribution in [2.75, 3.05) is 39.3 Å². The maximum absolute atomic E-state index is 14.8. The third-order valence-corrected chi connectivity index (χ3v) is 8.36. The average Bonchev–Trinajstić information content (AvgIpc) is 3.30. The molecule has 38 heavy (non-hydrogen) atoms. The van der Waals surface area contributed by atoms with E-state index >= 15 is 0 Å². The Morgan fingerprint density at radius 1 is 0.921 bits per heavy atom. The summed E-state index contributed by atoms with van der Waals surface area (Å²) >= 11 is 6.33. The van der Waals surface area contributed by atoms with E-state index in [2.05, 4.69) is 25.7 Å². The van der Waals surface area contributed by atoms with Crippen molar-refractivity contribution in [3.05, 3.63) is 70.2 Å². The van der Waals surface area contributed by atoms with Crippen LogP contribution in [0.15, 0.2) is 42.5 Å². The van der Waals surface area contributed by atoms with Crippen LogP contribution < -0.4 is 0 Å². The number of piperazine rings is 1. The molecule has 0 aliphatic carbocycles. The summed E-state index contributed by atoms with van der Waals surface area (Å²) < 4.78 is 28.4. The first kappa shape index (κ1) is 28.5. The monoisotopic (exact) mass is 545 g/mol. The summed E-state index contributed by atoms with van der Waals surface area (Å²) in [5, 5.41) is 0.650. The summed E-state index contributed by atoms with van der Waals surface area (Å²) in [6, 6.07) is 11.2. The summed E-state index contributed by atoms with van der Waals surface area (Å²) in [5.74, 6) is -2.04. The third kappa shape index (κ3) is 6.04. The molecule has 2 saturated heterocycles. The molecule has 0 N–H and O–H groups in total. The molecular formula is C30H38ClF2N3O2. The SMILES string of the molecule is CC(C)(Cc1ccccc1Cl)C(=O)N1CCN(C(=O)[C@@H]2CN(C(C)(C)C)C[C@H]2c2ccc(F)cc2F)CC1. The van der Waals surface area contributed by atoms with Gasteiger partial charge in [-0.1, -0.05) is 49.7 Å². The van der Waals surface area contributed by atoms with E-state index in [1.165, 1.54) is 12.1 Å². The minimum absolute atomic E-state index is 0.0344. The van der Waals surface area contributed by atoms with Crippen molar-refractivity contribution in [1.82, 2.24) is 14.7 Å². The zero-order valence-corrected chi connectivity index (χ0v) is 23.7. The van der Waals surface area contributed by atoms with Gasteiger partial charge in [0.05, 0.1) is 5.92 Å². The zero-order chi connectivity index (χ0) is 27.8. The zero-order valence-electron chi connectivity index (χ0n) is 22.9. The van der Waals surface area contributed by atoms with Crippen LogP contribution in [0.25, 0.3) is 0 Å². The number of halogens is 3. The van der Waals surface area contributed by atoms with E-state index in [1.54, 1.807) is 4.90 Å². The molecule has 0 spiro atoms. The first-order valence-corrected chi connectivity index (χ1v) is 13.7. The lowest BCUT2D eigenvalue weighted by molar-refractivity contribution is -0.147. The van der Waals surface area contributed by atoms with Gasteiger partial charge in [-0.15, -0.1) is 0 Å². The number of hydrogen-bond acceptors (Lipinski definition) is 3. The summed E-state index contributed by atoms with van der Waals surface area (Å²) in [5.41, 5.74) is 0.486. The topological polar surface area (TPSA) is 43.9 Å². The van der Waals surface area contributed by atoms with Gasteiger partial charge in [0.2, 0.25) is 11.8 Å². The van der Waals surface area contributed by atoms with Crippen LogP contribution in [0.5, 0.6) is 0 Å². The van der Waals surface area contributed by atoms with Gasteiger partial charge in [0.1, 0.15) is 11.6 Å². The summed E-state index contributed by atoms with van der Waals surface area (Å²) in [7, 11) is 0. The van der Waals surface area contributed by atoms with Crippen molar-refractivity contribution >= 4 is 23.4 Å². The largest absolute Gasteiger partial charge is 0.339 e. The highest BCUT2D eigenvalue weighted by atomic mass is 35.5. The molecule has 0 aromatic heterocycles. The summed E-state index contributed by atoms with van der Waals surface area (Å²) in [6.07, 6.45) is 0.528. The highest BCUT2D eigenvalue weighted by Crippen LogP contribution is 2.39. The second-order valence-corrected chi connectivity index (χ2v) is 12.6. The Hall–Kier alpha value is -2.51. The average molecular weight is 546 g/mol. The Kier molecular flexibility index (Phi) is 8.20. The smallest absolute Gasteiger partial charge is 0.228 e. The Bertz CT molecular complexity index is 1190. The molecule has 2 aliphatic rings. The van der Waals surface area contributed by atoms with Gasteiger partial charge in [-0.25, -0.2) is 8.78 Å². The molecule has 5 nitrogen and oxygen atoms in total. The maximum atomic E-state index is 14.8. The van der Waals surface area contributed by atoms with Crippen molar-refractivity contribution in [3.63, 3.8) is 0 Å². The number of benzene rings is 2. The molecule has 0 bridgehead atoms. The van der Waals surface area contributed by atoms with Crippen LogP contribution in [-0.4, -0.2) is 71.3 Å². The number of likely N-dealkylation sites (tertiary alicyclic amines) is 1. The van der Waals surface area contributed by atoms with Crippen LogP contribution in [0.3, 0.4) is 0 Å². The van der Waals surface area contributed by atoms with Crippen LogP contribution in [-0.2, 0) is 16.0 Å². The van der Waals surface area contributed by atoms with E-state index < -0.39 is 23.0 Å². The van der Waals surface area contributed by atoms with Gasteiger partial charge in [0, 0.05) is 67.2 Å². The molecule has 2 aromatic rings. The highest BCUT2D eigenvalue weighted by Gasteiger charge is 2.45. The van der Waals surface area contributed by atoms with Crippen molar-refractivity contribution in [1.29, 1.82) is 0 Å². The fraction of sp³-hybridized carbons (Fsp3) is 0.533. The van der Waals surface area contributed by atoms with Crippen molar-refractivity contribution in [2.45, 2.75) is 52.5 Å². The van der Waals surface area contributed by atoms with Gasteiger partial charge in [0.15, 0.2) is 0 Å². The normalized spacial score (nSPS) is 21.2. The molecule has 2 atom stereocenters. The molecular weight excluding hydrogens is 508 g/mol.